The summed E-state index contributed by atoms with van der Waals surface area (Å²) in [4.78, 5) is 16.5. The van der Waals surface area contributed by atoms with Crippen LogP contribution in [0.3, 0.4) is 0 Å². The fraction of sp³-hybridized carbons (Fsp3) is 0.412. The van der Waals surface area contributed by atoms with E-state index in [1.165, 1.54) is 0 Å². The zero-order chi connectivity index (χ0) is 16.1. The predicted molar refractivity (Wildman–Crippen MR) is 87.4 cm³/mol. The maximum Gasteiger partial charge on any atom is 0.227 e. The number of para-hydroxylation sites is 1. The first-order valence-corrected chi connectivity index (χ1v) is 7.96. The Labute approximate surface area is 135 Å². The molecule has 1 fully saturated rings. The van der Waals surface area contributed by atoms with Crippen molar-refractivity contribution in [2.75, 3.05) is 39.3 Å². The largest absolute Gasteiger partial charge is 0.395 e. The monoisotopic (exact) mass is 314 g/mol. The van der Waals surface area contributed by atoms with E-state index in [0.29, 0.717) is 13.0 Å². The number of benzene rings is 1. The molecule has 1 aliphatic heterocycles. The van der Waals surface area contributed by atoms with Gasteiger partial charge < -0.3 is 10.0 Å². The van der Waals surface area contributed by atoms with Gasteiger partial charge in [-0.15, -0.1) is 0 Å². The number of aliphatic hydroxyl groups is 1. The van der Waals surface area contributed by atoms with Crippen LogP contribution in [-0.4, -0.2) is 69.9 Å². The maximum atomic E-state index is 12.4. The summed E-state index contributed by atoms with van der Waals surface area (Å²) in [6.45, 7) is 3.97. The first-order valence-electron chi connectivity index (χ1n) is 7.96. The SMILES string of the molecule is O=C(Cc1cnn(-c2ccccc2)c1)N1CCN(CCO)CC1. The Bertz CT molecular complexity index is 633. The molecule has 0 aliphatic carbocycles. The van der Waals surface area contributed by atoms with E-state index >= 15 is 0 Å². The van der Waals surface area contributed by atoms with Crippen LogP contribution in [-0.2, 0) is 11.2 Å². The average molecular weight is 314 g/mol. The fourth-order valence-corrected chi connectivity index (χ4v) is 2.82. The summed E-state index contributed by atoms with van der Waals surface area (Å²) in [6, 6.07) is 9.87. The summed E-state index contributed by atoms with van der Waals surface area (Å²) in [5.41, 5.74) is 1.92. The smallest absolute Gasteiger partial charge is 0.227 e. The van der Waals surface area contributed by atoms with Crippen LogP contribution in [0.2, 0.25) is 0 Å². The minimum Gasteiger partial charge on any atom is -0.395 e. The third-order valence-electron chi connectivity index (χ3n) is 4.15. The molecule has 1 N–H and O–H groups in total. The Morgan fingerprint density at radius 1 is 1.13 bits per heavy atom. The minimum atomic E-state index is 0.140. The van der Waals surface area contributed by atoms with Crippen molar-refractivity contribution in [2.45, 2.75) is 6.42 Å². The molecule has 6 nitrogen and oxygen atoms in total. The zero-order valence-corrected chi connectivity index (χ0v) is 13.1. The first-order chi connectivity index (χ1) is 11.3. The van der Waals surface area contributed by atoms with Gasteiger partial charge in [0.1, 0.15) is 0 Å². The van der Waals surface area contributed by atoms with Crippen LogP contribution in [0.25, 0.3) is 5.69 Å². The third-order valence-corrected chi connectivity index (χ3v) is 4.15. The van der Waals surface area contributed by atoms with Gasteiger partial charge in [-0.1, -0.05) is 18.2 Å². The molecule has 23 heavy (non-hydrogen) atoms. The highest BCUT2D eigenvalue weighted by molar-refractivity contribution is 5.78. The topological polar surface area (TPSA) is 61.6 Å². The number of rotatable bonds is 5. The van der Waals surface area contributed by atoms with Crippen molar-refractivity contribution in [1.82, 2.24) is 19.6 Å². The summed E-state index contributed by atoms with van der Waals surface area (Å²) in [7, 11) is 0. The van der Waals surface area contributed by atoms with Gasteiger partial charge in [-0.3, -0.25) is 9.69 Å². The van der Waals surface area contributed by atoms with Gasteiger partial charge >= 0.3 is 0 Å². The van der Waals surface area contributed by atoms with Crippen molar-refractivity contribution in [1.29, 1.82) is 0 Å². The number of nitrogens with zero attached hydrogens (tertiary/aromatic N) is 4. The Balaban J connectivity index is 1.56. The van der Waals surface area contributed by atoms with E-state index in [4.69, 9.17) is 5.11 Å². The quantitative estimate of drug-likeness (QED) is 0.875. The van der Waals surface area contributed by atoms with Crippen LogP contribution < -0.4 is 0 Å². The molecule has 2 heterocycles. The summed E-state index contributed by atoms with van der Waals surface area (Å²) in [5.74, 6) is 0.140. The molecule has 1 aromatic heterocycles. The van der Waals surface area contributed by atoms with E-state index in [1.807, 2.05) is 41.4 Å². The van der Waals surface area contributed by atoms with Gasteiger partial charge in [0.15, 0.2) is 0 Å². The molecule has 6 heteroatoms. The minimum absolute atomic E-state index is 0.140. The maximum absolute atomic E-state index is 12.4. The molecular formula is C17H22N4O2. The molecule has 122 valence electrons. The number of amides is 1. The van der Waals surface area contributed by atoms with Gasteiger partial charge in [-0.2, -0.15) is 5.10 Å². The number of piperazine rings is 1. The van der Waals surface area contributed by atoms with Crippen molar-refractivity contribution in [2.24, 2.45) is 0 Å². The summed E-state index contributed by atoms with van der Waals surface area (Å²) in [5, 5.41) is 13.3. The van der Waals surface area contributed by atoms with Crippen LogP contribution in [0.15, 0.2) is 42.7 Å². The lowest BCUT2D eigenvalue weighted by Gasteiger charge is -2.34. The lowest BCUT2D eigenvalue weighted by atomic mass is 10.2. The molecule has 0 bridgehead atoms. The Morgan fingerprint density at radius 3 is 2.57 bits per heavy atom. The van der Waals surface area contributed by atoms with Gasteiger partial charge in [0.25, 0.3) is 0 Å². The molecule has 0 spiro atoms. The highest BCUT2D eigenvalue weighted by Gasteiger charge is 2.21. The Kier molecular flexibility index (Phi) is 5.05. The standard InChI is InChI=1S/C17H22N4O2/c22-11-10-19-6-8-20(9-7-19)17(23)12-15-13-18-21(14-15)16-4-2-1-3-5-16/h1-5,13-14,22H,6-12H2. The lowest BCUT2D eigenvalue weighted by Crippen LogP contribution is -2.49. The number of hydrogen-bond donors (Lipinski definition) is 1. The molecule has 2 aromatic rings. The molecule has 1 saturated heterocycles. The highest BCUT2D eigenvalue weighted by atomic mass is 16.3. The summed E-state index contributed by atoms with van der Waals surface area (Å²) < 4.78 is 1.79. The molecule has 0 saturated carbocycles. The Morgan fingerprint density at radius 2 is 1.87 bits per heavy atom. The van der Waals surface area contributed by atoms with E-state index in [9.17, 15) is 4.79 Å². The van der Waals surface area contributed by atoms with Crippen molar-refractivity contribution in [3.8, 4) is 5.69 Å². The molecule has 3 rings (SSSR count). The van der Waals surface area contributed by atoms with Crippen molar-refractivity contribution in [3.63, 3.8) is 0 Å². The van der Waals surface area contributed by atoms with E-state index in [1.54, 1.807) is 10.9 Å². The fourth-order valence-electron chi connectivity index (χ4n) is 2.82. The van der Waals surface area contributed by atoms with E-state index in [-0.39, 0.29) is 12.5 Å². The number of hydrogen-bond acceptors (Lipinski definition) is 4. The molecule has 1 aliphatic rings. The van der Waals surface area contributed by atoms with Crippen molar-refractivity contribution >= 4 is 5.91 Å². The van der Waals surface area contributed by atoms with Crippen LogP contribution >= 0.6 is 0 Å². The van der Waals surface area contributed by atoms with Gasteiger partial charge in [-0.05, 0) is 17.7 Å². The number of carbonyl (C=O) groups is 1. The molecule has 1 amide bonds. The predicted octanol–water partition coefficient (Wildman–Crippen LogP) is 0.551. The van der Waals surface area contributed by atoms with Gasteiger partial charge in [0.05, 0.1) is 24.9 Å². The van der Waals surface area contributed by atoms with Gasteiger partial charge in [0.2, 0.25) is 5.91 Å². The van der Waals surface area contributed by atoms with E-state index in [0.717, 1.165) is 37.4 Å². The van der Waals surface area contributed by atoms with Crippen LogP contribution in [0, 0.1) is 0 Å². The molecule has 0 radical (unpaired) electrons. The van der Waals surface area contributed by atoms with E-state index in [2.05, 4.69) is 10.00 Å². The first kappa shape index (κ1) is 15.7. The summed E-state index contributed by atoms with van der Waals surface area (Å²) >= 11 is 0. The van der Waals surface area contributed by atoms with E-state index < -0.39 is 0 Å². The second kappa shape index (κ2) is 7.39. The molecule has 0 unspecified atom stereocenters. The highest BCUT2D eigenvalue weighted by Crippen LogP contribution is 2.10. The second-order valence-corrected chi connectivity index (χ2v) is 5.75. The number of aromatic nitrogens is 2. The normalized spacial score (nSPS) is 15.8. The number of β-amino-alcohol motifs (C(OH)–C–C–N with tert-alkyl or cyclic N) is 1. The molecule has 1 aromatic carbocycles. The van der Waals surface area contributed by atoms with Crippen LogP contribution in [0.5, 0.6) is 0 Å². The van der Waals surface area contributed by atoms with Crippen LogP contribution in [0.4, 0.5) is 0 Å². The van der Waals surface area contributed by atoms with Gasteiger partial charge in [-0.25, -0.2) is 4.68 Å². The van der Waals surface area contributed by atoms with Gasteiger partial charge in [0, 0.05) is 38.9 Å². The molecule has 0 atom stereocenters. The summed E-state index contributed by atoms with van der Waals surface area (Å²) in [6.07, 6.45) is 4.05. The second-order valence-electron chi connectivity index (χ2n) is 5.75. The zero-order valence-electron chi connectivity index (χ0n) is 13.1. The molecular weight excluding hydrogens is 292 g/mol. The number of aliphatic hydroxyl groups excluding tert-OH is 1. The third kappa shape index (κ3) is 3.97. The van der Waals surface area contributed by atoms with Crippen LogP contribution in [0.1, 0.15) is 5.56 Å². The Hall–Kier alpha value is -2.18. The average Bonchev–Trinajstić information content (AvgIpc) is 3.05. The van der Waals surface area contributed by atoms with Crippen molar-refractivity contribution < 1.29 is 9.90 Å². The van der Waals surface area contributed by atoms with Crippen molar-refractivity contribution in [3.05, 3.63) is 48.3 Å². The lowest BCUT2D eigenvalue weighted by molar-refractivity contribution is -0.132. The number of carbonyl (C=O) groups excluding carboxylic acids is 1.